The zero-order chi connectivity index (χ0) is 18.4. The molecule has 0 atom stereocenters. The normalized spacial score (nSPS) is 11.2. The molecule has 1 amide bonds. The lowest BCUT2D eigenvalue weighted by atomic mass is 10.1. The van der Waals surface area contributed by atoms with Crippen molar-refractivity contribution in [2.45, 2.75) is 19.8 Å². The molecule has 0 heterocycles. The minimum atomic E-state index is -3.53. The van der Waals surface area contributed by atoms with E-state index in [1.807, 2.05) is 19.1 Å². The van der Waals surface area contributed by atoms with Crippen LogP contribution in [0.5, 0.6) is 0 Å². The lowest BCUT2D eigenvalue weighted by molar-refractivity contribution is -0.116. The van der Waals surface area contributed by atoms with Crippen LogP contribution in [-0.4, -0.2) is 27.1 Å². The maximum absolute atomic E-state index is 13.6. The lowest BCUT2D eigenvalue weighted by Crippen LogP contribution is -2.33. The van der Waals surface area contributed by atoms with E-state index in [2.05, 4.69) is 5.32 Å². The van der Waals surface area contributed by atoms with Gasteiger partial charge in [0.1, 0.15) is 5.82 Å². The van der Waals surface area contributed by atoms with E-state index in [0.29, 0.717) is 5.69 Å². The van der Waals surface area contributed by atoms with Gasteiger partial charge in [-0.15, -0.1) is 0 Å². The molecular weight excluding hydrogens is 343 g/mol. The molecule has 7 heteroatoms. The Kier molecular flexibility index (Phi) is 6.14. The number of benzene rings is 2. The fraction of sp³-hybridized carbons (Fsp3) is 0.278. The van der Waals surface area contributed by atoms with E-state index in [4.69, 9.17) is 0 Å². The Morgan fingerprint density at radius 2 is 1.76 bits per heavy atom. The Bertz CT molecular complexity index is 836. The van der Waals surface area contributed by atoms with Crippen LogP contribution in [0.4, 0.5) is 15.8 Å². The summed E-state index contributed by atoms with van der Waals surface area (Å²) in [6, 6.07) is 13.0. The number of halogens is 1. The van der Waals surface area contributed by atoms with Crippen LogP contribution in [0, 0.1) is 5.82 Å². The van der Waals surface area contributed by atoms with Gasteiger partial charge in [-0.05, 0) is 36.2 Å². The van der Waals surface area contributed by atoms with Gasteiger partial charge in [0.2, 0.25) is 15.9 Å². The average Bonchev–Trinajstić information content (AvgIpc) is 2.56. The third-order valence-corrected chi connectivity index (χ3v) is 4.92. The van der Waals surface area contributed by atoms with Gasteiger partial charge in [0.25, 0.3) is 0 Å². The maximum Gasteiger partial charge on any atom is 0.232 e. The molecule has 2 aromatic carbocycles. The van der Waals surface area contributed by atoms with Crippen LogP contribution < -0.4 is 9.62 Å². The molecule has 0 saturated carbocycles. The molecule has 0 bridgehead atoms. The fourth-order valence-corrected chi connectivity index (χ4v) is 3.29. The molecule has 0 saturated heterocycles. The van der Waals surface area contributed by atoms with Crippen molar-refractivity contribution in [2.75, 3.05) is 22.4 Å². The number of sulfonamides is 1. The summed E-state index contributed by atoms with van der Waals surface area (Å²) in [4.78, 5) is 12.0. The molecule has 134 valence electrons. The Hall–Kier alpha value is -2.41. The van der Waals surface area contributed by atoms with Crippen LogP contribution in [0.15, 0.2) is 48.5 Å². The van der Waals surface area contributed by atoms with E-state index in [-0.39, 0.29) is 18.7 Å². The van der Waals surface area contributed by atoms with E-state index < -0.39 is 21.7 Å². The van der Waals surface area contributed by atoms with Crippen molar-refractivity contribution in [1.82, 2.24) is 0 Å². The third-order valence-electron chi connectivity index (χ3n) is 3.72. The number of hydrogen-bond acceptors (Lipinski definition) is 3. The number of anilines is 2. The highest BCUT2D eigenvalue weighted by atomic mass is 32.2. The minimum Gasteiger partial charge on any atom is -0.324 e. The number of nitrogens with one attached hydrogen (secondary N) is 1. The zero-order valence-electron chi connectivity index (χ0n) is 14.2. The summed E-state index contributed by atoms with van der Waals surface area (Å²) in [5.41, 5.74) is 1.67. The summed E-state index contributed by atoms with van der Waals surface area (Å²) < 4.78 is 38.8. The van der Waals surface area contributed by atoms with Crippen molar-refractivity contribution in [3.05, 3.63) is 59.9 Å². The summed E-state index contributed by atoms with van der Waals surface area (Å²) in [6.45, 7) is 1.99. The predicted octanol–water partition coefficient (Wildman–Crippen LogP) is 3.18. The number of carbonyl (C=O) groups is 1. The van der Waals surface area contributed by atoms with E-state index >= 15 is 0 Å². The summed E-state index contributed by atoms with van der Waals surface area (Å²) in [6.07, 6.45) is 1.86. The Balaban J connectivity index is 2.07. The SMILES string of the molecule is CCc1ccc(N(CCC(=O)Nc2ccccc2F)S(C)(=O)=O)cc1. The molecule has 1 N–H and O–H groups in total. The van der Waals surface area contributed by atoms with Crippen molar-refractivity contribution >= 4 is 27.3 Å². The monoisotopic (exact) mass is 364 g/mol. The van der Waals surface area contributed by atoms with E-state index in [1.165, 1.54) is 22.5 Å². The molecule has 0 aliphatic heterocycles. The molecule has 0 spiro atoms. The summed E-state index contributed by atoms with van der Waals surface area (Å²) >= 11 is 0. The van der Waals surface area contributed by atoms with Crippen LogP contribution in [0.3, 0.4) is 0 Å². The first-order chi connectivity index (χ1) is 11.8. The highest BCUT2D eigenvalue weighted by Crippen LogP contribution is 2.19. The first-order valence-electron chi connectivity index (χ1n) is 7.92. The van der Waals surface area contributed by atoms with Crippen LogP contribution in [0.2, 0.25) is 0 Å². The van der Waals surface area contributed by atoms with Crippen molar-refractivity contribution in [2.24, 2.45) is 0 Å². The molecule has 0 radical (unpaired) electrons. The number of nitrogens with zero attached hydrogens (tertiary/aromatic N) is 1. The molecule has 25 heavy (non-hydrogen) atoms. The number of amides is 1. The molecule has 0 unspecified atom stereocenters. The van der Waals surface area contributed by atoms with Gasteiger partial charge in [0, 0.05) is 13.0 Å². The van der Waals surface area contributed by atoms with Crippen molar-refractivity contribution in [3.63, 3.8) is 0 Å². The topological polar surface area (TPSA) is 66.5 Å². The largest absolute Gasteiger partial charge is 0.324 e. The molecule has 0 aromatic heterocycles. The number of carbonyl (C=O) groups excluding carboxylic acids is 1. The summed E-state index contributed by atoms with van der Waals surface area (Å²) in [7, 11) is -3.53. The number of hydrogen-bond donors (Lipinski definition) is 1. The fourth-order valence-electron chi connectivity index (χ4n) is 2.36. The first-order valence-corrected chi connectivity index (χ1v) is 9.77. The van der Waals surface area contributed by atoms with Crippen LogP contribution in [0.1, 0.15) is 18.9 Å². The summed E-state index contributed by atoms with van der Waals surface area (Å²) in [5.74, 6) is -0.991. The van der Waals surface area contributed by atoms with Crippen molar-refractivity contribution < 1.29 is 17.6 Å². The number of para-hydroxylation sites is 1. The van der Waals surface area contributed by atoms with E-state index in [0.717, 1.165) is 18.2 Å². The van der Waals surface area contributed by atoms with Crippen LogP contribution >= 0.6 is 0 Å². The maximum atomic E-state index is 13.6. The third kappa shape index (κ3) is 5.29. The molecule has 2 rings (SSSR count). The molecule has 0 aliphatic carbocycles. The highest BCUT2D eigenvalue weighted by molar-refractivity contribution is 7.92. The predicted molar refractivity (Wildman–Crippen MR) is 97.7 cm³/mol. The van der Waals surface area contributed by atoms with Gasteiger partial charge in [-0.3, -0.25) is 9.10 Å². The lowest BCUT2D eigenvalue weighted by Gasteiger charge is -2.22. The van der Waals surface area contributed by atoms with Gasteiger partial charge in [0.15, 0.2) is 0 Å². The van der Waals surface area contributed by atoms with Crippen molar-refractivity contribution in [3.8, 4) is 0 Å². The van der Waals surface area contributed by atoms with Gasteiger partial charge in [0.05, 0.1) is 17.6 Å². The molecule has 0 aliphatic rings. The van der Waals surface area contributed by atoms with Gasteiger partial charge in [-0.2, -0.15) is 0 Å². The second-order valence-electron chi connectivity index (χ2n) is 5.63. The second-order valence-corrected chi connectivity index (χ2v) is 7.54. The molecule has 5 nitrogen and oxygen atoms in total. The highest BCUT2D eigenvalue weighted by Gasteiger charge is 2.19. The average molecular weight is 364 g/mol. The van der Waals surface area contributed by atoms with Gasteiger partial charge >= 0.3 is 0 Å². The van der Waals surface area contributed by atoms with E-state index in [9.17, 15) is 17.6 Å². The van der Waals surface area contributed by atoms with Gasteiger partial charge in [-0.1, -0.05) is 31.2 Å². The Labute approximate surface area is 147 Å². The smallest absolute Gasteiger partial charge is 0.232 e. The standard InChI is InChI=1S/C18H21FN2O3S/c1-3-14-8-10-15(11-9-14)21(25(2,23)24)13-12-18(22)20-17-7-5-4-6-16(17)19/h4-11H,3,12-13H2,1-2H3,(H,20,22). The number of rotatable bonds is 7. The summed E-state index contributed by atoms with van der Waals surface area (Å²) in [5, 5.41) is 2.45. The quantitative estimate of drug-likeness (QED) is 0.820. The molecule has 0 fully saturated rings. The Morgan fingerprint density at radius 1 is 1.12 bits per heavy atom. The van der Waals surface area contributed by atoms with Crippen LogP contribution in [0.25, 0.3) is 0 Å². The first kappa shape index (κ1) is 18.9. The van der Waals surface area contributed by atoms with Crippen LogP contribution in [-0.2, 0) is 21.2 Å². The van der Waals surface area contributed by atoms with Gasteiger partial charge in [-0.25, -0.2) is 12.8 Å². The second kappa shape index (κ2) is 8.11. The van der Waals surface area contributed by atoms with Gasteiger partial charge < -0.3 is 5.32 Å². The number of aryl methyl sites for hydroxylation is 1. The zero-order valence-corrected chi connectivity index (χ0v) is 15.0. The van der Waals surface area contributed by atoms with Crippen molar-refractivity contribution in [1.29, 1.82) is 0 Å². The Morgan fingerprint density at radius 3 is 2.32 bits per heavy atom. The molecular formula is C18H21FN2O3S. The minimum absolute atomic E-state index is 0.0232. The van der Waals surface area contributed by atoms with E-state index in [1.54, 1.807) is 18.2 Å². The molecule has 2 aromatic rings.